The number of nitrogens with one attached hydrogen (secondary N) is 1. The molecule has 2 aromatic heterocycles. The number of hydrogen-bond acceptors (Lipinski definition) is 6. The molecule has 0 saturated heterocycles. The molecule has 0 aliphatic carbocycles. The number of carbonyl (C=O) groups is 4. The van der Waals surface area contributed by atoms with E-state index in [4.69, 9.17) is 9.84 Å². The summed E-state index contributed by atoms with van der Waals surface area (Å²) in [5.74, 6) is -6.31. The highest BCUT2D eigenvalue weighted by Crippen LogP contribution is 2.37. The van der Waals surface area contributed by atoms with Crippen LogP contribution in [0.15, 0.2) is 72.8 Å². The standard InChI is InChI=1S/C31H26F3N3O7S/c1-18(19-6-4-3-5-7-19)17-36-27(28(42)35-16-25(40)41)26(20-8-10-21(44-2)11-9-20)37(30(43)31(32,33)34)29(36)23-14-12-22(45-23)13-15-24(38)39/h3-15,18H,16-17H2,1-2H3,(H2-,35,38,39,40,41,42)/p+1/b15-13+. The van der Waals surface area contributed by atoms with Gasteiger partial charge >= 0.3 is 29.8 Å². The van der Waals surface area contributed by atoms with Crippen LogP contribution in [0, 0.1) is 0 Å². The number of methoxy groups -OCH3 is 1. The maximum atomic E-state index is 14.3. The van der Waals surface area contributed by atoms with Crippen LogP contribution in [0.2, 0.25) is 0 Å². The van der Waals surface area contributed by atoms with Gasteiger partial charge in [-0.3, -0.25) is 9.59 Å². The van der Waals surface area contributed by atoms with Crippen LogP contribution in [0.1, 0.15) is 38.6 Å². The number of amides is 1. The average Bonchev–Trinajstić information content (AvgIpc) is 3.60. The summed E-state index contributed by atoms with van der Waals surface area (Å²) in [4.78, 5) is 50.0. The number of aromatic nitrogens is 2. The van der Waals surface area contributed by atoms with E-state index in [0.717, 1.165) is 23.0 Å². The number of benzene rings is 2. The highest BCUT2D eigenvalue weighted by Gasteiger charge is 2.51. The largest absolute Gasteiger partial charge is 0.497 e. The van der Waals surface area contributed by atoms with Crippen molar-refractivity contribution < 1.29 is 51.9 Å². The number of ether oxygens (including phenoxy) is 1. The first-order valence-corrected chi connectivity index (χ1v) is 14.1. The van der Waals surface area contributed by atoms with Crippen molar-refractivity contribution in [1.29, 1.82) is 0 Å². The number of nitrogens with zero attached hydrogens (tertiary/aromatic N) is 2. The quantitative estimate of drug-likeness (QED) is 0.153. The molecule has 0 spiro atoms. The Kier molecular flexibility index (Phi) is 9.87. The van der Waals surface area contributed by atoms with Gasteiger partial charge in [0, 0.05) is 22.4 Å². The lowest BCUT2D eigenvalue weighted by Crippen LogP contribution is -2.46. The van der Waals surface area contributed by atoms with Crippen molar-refractivity contribution in [3.63, 3.8) is 0 Å². The molecule has 0 bridgehead atoms. The third-order valence-electron chi connectivity index (χ3n) is 6.67. The Balaban J connectivity index is 2.13. The van der Waals surface area contributed by atoms with Crippen molar-refractivity contribution in [3.05, 3.63) is 88.9 Å². The molecule has 1 amide bonds. The van der Waals surface area contributed by atoms with Gasteiger partial charge in [0.25, 0.3) is 5.91 Å². The van der Waals surface area contributed by atoms with E-state index in [-0.39, 0.29) is 28.5 Å². The highest BCUT2D eigenvalue weighted by atomic mass is 32.1. The average molecular weight is 643 g/mol. The lowest BCUT2D eigenvalue weighted by Gasteiger charge is -2.12. The summed E-state index contributed by atoms with van der Waals surface area (Å²) < 4.78 is 49.8. The SMILES string of the molecule is COc1ccc(-c2c(C(=O)NCC(=O)O)[n+](CC(C)c3ccccc3)c(-c3ccc(/C=C/C(=O)O)s3)n2C(=O)C(F)(F)F)cc1. The number of rotatable bonds is 11. The topological polar surface area (TPSA) is 139 Å². The van der Waals surface area contributed by atoms with E-state index in [0.29, 0.717) is 15.2 Å². The minimum absolute atomic E-state index is 0.0452. The summed E-state index contributed by atoms with van der Waals surface area (Å²) in [7, 11) is 1.39. The number of imidazole rings is 1. The lowest BCUT2D eigenvalue weighted by molar-refractivity contribution is -0.689. The normalized spacial score (nSPS) is 12.2. The molecule has 10 nitrogen and oxygen atoms in total. The van der Waals surface area contributed by atoms with Gasteiger partial charge < -0.3 is 20.3 Å². The molecule has 234 valence electrons. The Morgan fingerprint density at radius 3 is 2.27 bits per heavy atom. The molecule has 0 aliphatic heterocycles. The summed E-state index contributed by atoms with van der Waals surface area (Å²) >= 11 is 0.903. The number of carboxylic acid groups (broad SMARTS) is 2. The molecule has 1 atom stereocenters. The smallest absolute Gasteiger partial charge is 0.495 e. The van der Waals surface area contributed by atoms with Crippen LogP contribution in [-0.2, 0) is 16.1 Å². The lowest BCUT2D eigenvalue weighted by atomic mass is 10.0. The van der Waals surface area contributed by atoms with Crippen molar-refractivity contribution >= 4 is 41.2 Å². The Hall–Kier alpha value is -5.24. The first-order chi connectivity index (χ1) is 21.3. The van der Waals surface area contributed by atoms with Crippen LogP contribution in [0.25, 0.3) is 28.0 Å². The highest BCUT2D eigenvalue weighted by molar-refractivity contribution is 7.16. The van der Waals surface area contributed by atoms with Crippen molar-refractivity contribution in [2.45, 2.75) is 25.6 Å². The molecule has 3 N–H and O–H groups in total. The van der Waals surface area contributed by atoms with Crippen molar-refractivity contribution in [2.24, 2.45) is 0 Å². The summed E-state index contributed by atoms with van der Waals surface area (Å²) in [6.07, 6.45) is -3.29. The molecule has 0 radical (unpaired) electrons. The number of aliphatic carboxylic acids is 2. The zero-order valence-corrected chi connectivity index (χ0v) is 24.7. The number of halogens is 3. The van der Waals surface area contributed by atoms with Gasteiger partial charge in [-0.2, -0.15) is 13.2 Å². The molecular formula is C31H27F3N3O7S+. The fraction of sp³-hybridized carbons (Fsp3) is 0.194. The van der Waals surface area contributed by atoms with E-state index < -0.39 is 48.1 Å². The third kappa shape index (κ3) is 7.47. The molecule has 1 unspecified atom stereocenters. The van der Waals surface area contributed by atoms with Crippen LogP contribution < -0.4 is 14.6 Å². The van der Waals surface area contributed by atoms with Crippen molar-refractivity contribution in [1.82, 2.24) is 9.88 Å². The van der Waals surface area contributed by atoms with Gasteiger partial charge in [0.15, 0.2) is 5.69 Å². The molecule has 4 aromatic rings. The van der Waals surface area contributed by atoms with E-state index in [1.54, 1.807) is 37.3 Å². The molecule has 2 heterocycles. The zero-order valence-electron chi connectivity index (χ0n) is 23.9. The van der Waals surface area contributed by atoms with Crippen LogP contribution >= 0.6 is 11.3 Å². The number of alkyl halides is 3. The summed E-state index contributed by atoms with van der Waals surface area (Å²) in [5, 5.41) is 20.5. The fourth-order valence-corrected chi connectivity index (χ4v) is 5.63. The van der Waals surface area contributed by atoms with Gasteiger partial charge in [-0.1, -0.05) is 37.3 Å². The summed E-state index contributed by atoms with van der Waals surface area (Å²) in [6.45, 7) is 0.844. The minimum atomic E-state index is -5.39. The predicted octanol–water partition coefficient (Wildman–Crippen LogP) is 5.10. The molecule has 2 aromatic carbocycles. The zero-order chi connectivity index (χ0) is 32.9. The van der Waals surface area contributed by atoms with Crippen molar-refractivity contribution in [3.8, 4) is 27.7 Å². The monoisotopic (exact) mass is 642 g/mol. The maximum Gasteiger partial charge on any atom is 0.495 e. The second-order valence-corrected chi connectivity index (χ2v) is 10.9. The molecule has 45 heavy (non-hydrogen) atoms. The van der Waals surface area contributed by atoms with E-state index in [2.05, 4.69) is 5.32 Å². The van der Waals surface area contributed by atoms with E-state index in [9.17, 15) is 37.5 Å². The Morgan fingerprint density at radius 1 is 1.02 bits per heavy atom. The molecular weight excluding hydrogens is 615 g/mol. The third-order valence-corrected chi connectivity index (χ3v) is 7.72. The van der Waals surface area contributed by atoms with Crippen LogP contribution in [-0.4, -0.2) is 58.4 Å². The van der Waals surface area contributed by atoms with Gasteiger partial charge in [0.05, 0.1) is 13.7 Å². The van der Waals surface area contributed by atoms with Crippen LogP contribution in [0.5, 0.6) is 5.75 Å². The van der Waals surface area contributed by atoms with E-state index in [1.807, 2.05) is 0 Å². The Labute approximate surface area is 258 Å². The van der Waals surface area contributed by atoms with Gasteiger partial charge in [-0.25, -0.2) is 14.2 Å². The summed E-state index contributed by atoms with van der Waals surface area (Å²) in [6, 6.07) is 17.5. The van der Waals surface area contributed by atoms with Crippen LogP contribution in [0.4, 0.5) is 13.2 Å². The summed E-state index contributed by atoms with van der Waals surface area (Å²) in [5.41, 5.74) is 0.0239. The number of carbonyl (C=O) groups excluding carboxylic acids is 2. The number of hydrogen-bond donors (Lipinski definition) is 3. The number of carboxylic acids is 2. The molecule has 0 saturated carbocycles. The fourth-order valence-electron chi connectivity index (χ4n) is 4.67. The van der Waals surface area contributed by atoms with Gasteiger partial charge in [0.2, 0.25) is 5.69 Å². The number of thiophene rings is 1. The Bertz CT molecular complexity index is 1760. The molecule has 0 aliphatic rings. The second kappa shape index (κ2) is 13.6. The van der Waals surface area contributed by atoms with E-state index in [1.165, 1.54) is 54.2 Å². The predicted molar refractivity (Wildman–Crippen MR) is 158 cm³/mol. The minimum Gasteiger partial charge on any atom is -0.497 e. The van der Waals surface area contributed by atoms with Crippen molar-refractivity contribution in [2.75, 3.05) is 13.7 Å². The van der Waals surface area contributed by atoms with Gasteiger partial charge in [0.1, 0.15) is 17.2 Å². The molecule has 14 heteroatoms. The maximum absolute atomic E-state index is 14.3. The second-order valence-electron chi connectivity index (χ2n) is 9.76. The van der Waals surface area contributed by atoms with Crippen LogP contribution in [0.3, 0.4) is 0 Å². The molecule has 4 rings (SSSR count). The Morgan fingerprint density at radius 2 is 1.69 bits per heavy atom. The first kappa shape index (κ1) is 32.7. The van der Waals surface area contributed by atoms with Gasteiger partial charge in [-0.05, 0) is 48.0 Å². The van der Waals surface area contributed by atoms with E-state index >= 15 is 0 Å². The first-order valence-electron chi connectivity index (χ1n) is 13.3. The van der Waals surface area contributed by atoms with Gasteiger partial charge in [-0.15, -0.1) is 15.9 Å². The molecule has 0 fully saturated rings.